The number of aliphatic hydroxyl groups excluding tert-OH is 2. The first-order valence-electron chi connectivity index (χ1n) is 12.5. The van der Waals surface area contributed by atoms with E-state index in [9.17, 15) is 15.0 Å². The van der Waals surface area contributed by atoms with Crippen LogP contribution in [-0.2, 0) is 14.3 Å². The Bertz CT molecular complexity index is 1490. The lowest BCUT2D eigenvalue weighted by atomic mass is 10.1. The Labute approximate surface area is 218 Å². The second-order valence-corrected chi connectivity index (χ2v) is 9.52. The smallest absolute Gasteiger partial charge is 0.259 e. The maximum absolute atomic E-state index is 13.8. The average molecular weight is 520 g/mol. The number of amides is 1. The summed E-state index contributed by atoms with van der Waals surface area (Å²) in [6.45, 7) is 2.44. The van der Waals surface area contributed by atoms with Gasteiger partial charge in [0, 0.05) is 44.0 Å². The summed E-state index contributed by atoms with van der Waals surface area (Å²) in [4.78, 5) is 30.5. The molecule has 2 fully saturated rings. The number of benzene rings is 1. The van der Waals surface area contributed by atoms with Crippen molar-refractivity contribution in [3.8, 4) is 0 Å². The Balaban J connectivity index is 1.31. The predicted octanol–water partition coefficient (Wildman–Crippen LogP) is 1.07. The van der Waals surface area contributed by atoms with Crippen LogP contribution < -0.4 is 15.5 Å². The van der Waals surface area contributed by atoms with Gasteiger partial charge >= 0.3 is 0 Å². The van der Waals surface area contributed by atoms with Crippen LogP contribution in [0.25, 0.3) is 21.9 Å². The topological polar surface area (TPSA) is 152 Å². The molecule has 0 spiro atoms. The number of anilines is 3. The van der Waals surface area contributed by atoms with Gasteiger partial charge in [-0.3, -0.25) is 4.79 Å². The van der Waals surface area contributed by atoms with E-state index in [2.05, 4.69) is 14.9 Å². The number of carbonyl (C=O) groups is 1. The lowest BCUT2D eigenvalue weighted by Gasteiger charge is -2.32. The second-order valence-electron chi connectivity index (χ2n) is 9.52. The summed E-state index contributed by atoms with van der Waals surface area (Å²) in [7, 11) is 1.55. The summed E-state index contributed by atoms with van der Waals surface area (Å²) in [5, 5.41) is 23.3. The number of nitrogens with zero attached hydrogens (tertiary/aromatic N) is 6. The number of nitrogen functional groups attached to an aromatic ring is 1. The number of ether oxygens (including phenoxy) is 2. The monoisotopic (exact) mass is 519 g/mol. The number of methoxy groups -OCH3 is 1. The Kier molecular flexibility index (Phi) is 6.32. The van der Waals surface area contributed by atoms with Crippen molar-refractivity contribution < 1.29 is 24.5 Å². The Hall–Kier alpha value is -3.84. The van der Waals surface area contributed by atoms with E-state index >= 15 is 0 Å². The molecule has 4 aromatic rings. The van der Waals surface area contributed by atoms with E-state index in [1.54, 1.807) is 23.9 Å². The van der Waals surface area contributed by atoms with E-state index in [1.165, 1.54) is 11.2 Å². The summed E-state index contributed by atoms with van der Waals surface area (Å²) in [5.74, 6) is 0.682. The lowest BCUT2D eigenvalue weighted by Crippen LogP contribution is -2.46. The van der Waals surface area contributed by atoms with Gasteiger partial charge in [-0.1, -0.05) is 6.07 Å². The molecule has 12 heteroatoms. The molecule has 38 heavy (non-hydrogen) atoms. The van der Waals surface area contributed by atoms with E-state index in [0.717, 1.165) is 36.2 Å². The quantitative estimate of drug-likeness (QED) is 0.323. The van der Waals surface area contributed by atoms with Crippen molar-refractivity contribution in [3.63, 3.8) is 0 Å². The highest BCUT2D eigenvalue weighted by Crippen LogP contribution is 2.35. The van der Waals surface area contributed by atoms with Crippen LogP contribution >= 0.6 is 0 Å². The second kappa shape index (κ2) is 9.80. The van der Waals surface area contributed by atoms with Crippen LogP contribution in [-0.4, -0.2) is 87.3 Å². The summed E-state index contributed by atoms with van der Waals surface area (Å²) in [6.07, 6.45) is -1.12. The highest BCUT2D eigenvalue weighted by Gasteiger charge is 2.49. The maximum atomic E-state index is 13.8. The molecule has 2 aliphatic heterocycles. The zero-order chi connectivity index (χ0) is 26.4. The van der Waals surface area contributed by atoms with Gasteiger partial charge in [-0.15, -0.1) is 0 Å². The third kappa shape index (κ3) is 4.11. The van der Waals surface area contributed by atoms with E-state index in [-0.39, 0.29) is 19.0 Å². The van der Waals surface area contributed by atoms with Crippen LogP contribution in [0.5, 0.6) is 0 Å². The molecule has 6 rings (SSSR count). The van der Waals surface area contributed by atoms with Crippen LogP contribution in [0.3, 0.4) is 0 Å². The number of aliphatic hydroxyl groups is 2. The highest BCUT2D eigenvalue weighted by molar-refractivity contribution is 5.99. The number of fused-ring (bicyclic) bond motifs is 2. The first-order chi connectivity index (χ1) is 18.5. The van der Waals surface area contributed by atoms with Crippen LogP contribution in [0.2, 0.25) is 0 Å². The van der Waals surface area contributed by atoms with Gasteiger partial charge in [-0.2, -0.15) is 0 Å². The molecule has 4 atom stereocenters. The van der Waals surface area contributed by atoms with Crippen molar-refractivity contribution in [2.45, 2.75) is 31.0 Å². The van der Waals surface area contributed by atoms with Gasteiger partial charge in [0.15, 0.2) is 12.3 Å². The molecule has 0 bridgehead atoms. The van der Waals surface area contributed by atoms with Crippen LogP contribution in [0.1, 0.15) is 12.6 Å². The van der Waals surface area contributed by atoms with Gasteiger partial charge < -0.3 is 39.8 Å². The van der Waals surface area contributed by atoms with Gasteiger partial charge in [-0.05, 0) is 36.8 Å². The van der Waals surface area contributed by atoms with Crippen molar-refractivity contribution in [2.75, 3.05) is 48.9 Å². The number of hydrogen-bond acceptors (Lipinski definition) is 10. The minimum absolute atomic E-state index is 0.218. The first kappa shape index (κ1) is 24.5. The van der Waals surface area contributed by atoms with Gasteiger partial charge in [0.25, 0.3) is 5.91 Å². The lowest BCUT2D eigenvalue weighted by molar-refractivity contribution is -0.135. The SMILES string of the molecule is COCCN(C(=O)[C@H]1O[C@@H](n2ccc3c(N)ncnc32)[C@H](O)[C@@H]1O)c1ccc2ccc(N3CCC3)nc2c1. The minimum Gasteiger partial charge on any atom is -0.387 e. The first-order valence-corrected chi connectivity index (χ1v) is 12.5. The molecule has 0 radical (unpaired) electrons. The molecule has 0 aliphatic carbocycles. The molecule has 1 aromatic carbocycles. The van der Waals surface area contributed by atoms with Gasteiger partial charge in [0.05, 0.1) is 17.5 Å². The molecule has 2 saturated heterocycles. The van der Waals surface area contributed by atoms with E-state index in [0.29, 0.717) is 16.7 Å². The number of carbonyl (C=O) groups excluding carboxylic acids is 1. The van der Waals surface area contributed by atoms with Gasteiger partial charge in [-0.25, -0.2) is 15.0 Å². The zero-order valence-electron chi connectivity index (χ0n) is 20.8. The third-order valence-electron chi connectivity index (χ3n) is 7.23. The number of pyridine rings is 1. The number of hydrogen-bond donors (Lipinski definition) is 3. The molecule has 3 aromatic heterocycles. The standard InChI is InChI=1S/C26H29N7O5/c1-37-12-11-32(16-5-3-15-4-6-19(30-18(15)13-16)31-8-2-9-31)25(36)22-20(34)21(35)26(38-22)33-10-7-17-23(27)28-14-29-24(17)33/h3-7,10,13-14,20-22,26,34-35H,2,8-9,11-12H2,1H3,(H2,27,28,29)/t20-,21+,22-,26+/m0/s1. The highest BCUT2D eigenvalue weighted by atomic mass is 16.6. The van der Waals surface area contributed by atoms with E-state index < -0.39 is 30.4 Å². The predicted molar refractivity (Wildman–Crippen MR) is 141 cm³/mol. The number of nitrogens with two attached hydrogens (primary N) is 1. The molecule has 12 nitrogen and oxygen atoms in total. The van der Waals surface area contributed by atoms with Crippen LogP contribution in [0, 0.1) is 0 Å². The van der Waals surface area contributed by atoms with Crippen molar-refractivity contribution in [1.82, 2.24) is 19.5 Å². The Morgan fingerprint density at radius 1 is 1.18 bits per heavy atom. The minimum atomic E-state index is -1.47. The van der Waals surface area contributed by atoms with Crippen molar-refractivity contribution in [1.29, 1.82) is 0 Å². The summed E-state index contributed by atoms with van der Waals surface area (Å²) in [6, 6.07) is 11.3. The molecule has 0 unspecified atom stereocenters. The van der Waals surface area contributed by atoms with Crippen molar-refractivity contribution in [2.24, 2.45) is 0 Å². The molecule has 1 amide bonds. The molecule has 0 saturated carbocycles. The van der Waals surface area contributed by atoms with Gasteiger partial charge in [0.2, 0.25) is 0 Å². The molecule has 5 heterocycles. The van der Waals surface area contributed by atoms with Crippen molar-refractivity contribution in [3.05, 3.63) is 48.9 Å². The summed E-state index contributed by atoms with van der Waals surface area (Å²) >= 11 is 0. The summed E-state index contributed by atoms with van der Waals surface area (Å²) < 4.78 is 12.8. The zero-order valence-corrected chi connectivity index (χ0v) is 20.8. The Morgan fingerprint density at radius 2 is 2.00 bits per heavy atom. The normalized spacial score (nSPS) is 23.2. The molecule has 2 aliphatic rings. The fourth-order valence-electron chi connectivity index (χ4n) is 4.98. The van der Waals surface area contributed by atoms with Gasteiger partial charge in [0.1, 0.15) is 35.8 Å². The summed E-state index contributed by atoms with van der Waals surface area (Å²) in [5.41, 5.74) is 7.71. The fourth-order valence-corrected chi connectivity index (χ4v) is 4.98. The molecular weight excluding hydrogens is 490 g/mol. The molecular formula is C26H29N7O5. The number of aromatic nitrogens is 4. The Morgan fingerprint density at radius 3 is 2.76 bits per heavy atom. The largest absolute Gasteiger partial charge is 0.387 e. The van der Waals surface area contributed by atoms with Crippen LogP contribution in [0.15, 0.2) is 48.9 Å². The maximum Gasteiger partial charge on any atom is 0.259 e. The average Bonchev–Trinajstić information content (AvgIpc) is 3.44. The number of rotatable bonds is 7. The van der Waals surface area contributed by atoms with E-state index in [1.807, 2.05) is 30.3 Å². The fraction of sp³-hybridized carbons (Fsp3) is 0.385. The van der Waals surface area contributed by atoms with E-state index in [4.69, 9.17) is 20.2 Å². The van der Waals surface area contributed by atoms with Crippen LogP contribution in [0.4, 0.5) is 17.3 Å². The van der Waals surface area contributed by atoms with Crippen molar-refractivity contribution >= 4 is 45.2 Å². The third-order valence-corrected chi connectivity index (χ3v) is 7.23. The molecule has 4 N–H and O–H groups in total. The molecule has 198 valence electrons.